The third-order valence-electron chi connectivity index (χ3n) is 6.87. The summed E-state index contributed by atoms with van der Waals surface area (Å²) in [6.07, 6.45) is 5.40. The van der Waals surface area contributed by atoms with Crippen LogP contribution in [0.2, 0.25) is 0 Å². The first-order valence-corrected chi connectivity index (χ1v) is 11.9. The zero-order valence-electron chi connectivity index (χ0n) is 19.4. The third kappa shape index (κ3) is 4.29. The second kappa shape index (κ2) is 9.21. The molecule has 0 saturated carbocycles. The highest BCUT2D eigenvalue weighted by Crippen LogP contribution is 2.24. The maximum atomic E-state index is 13.2. The molecule has 2 aliphatic rings. The molecule has 4 heterocycles. The number of hydrogen-bond acceptors (Lipinski definition) is 6. The molecule has 1 unspecified atom stereocenters. The minimum atomic E-state index is 0.0369. The number of carbonyl (C=O) groups is 1. The first-order chi connectivity index (χ1) is 16.1. The molecule has 172 valence electrons. The van der Waals surface area contributed by atoms with Crippen LogP contribution in [0.3, 0.4) is 0 Å². The molecule has 1 amide bonds. The highest BCUT2D eigenvalue weighted by Gasteiger charge is 2.26. The fourth-order valence-electron chi connectivity index (χ4n) is 4.84. The molecule has 3 aromatic rings. The fraction of sp³-hybridized carbons (Fsp3) is 0.440. The molecule has 0 spiro atoms. The molecule has 1 aromatic carbocycles. The van der Waals surface area contributed by atoms with Gasteiger partial charge in [-0.25, -0.2) is 4.68 Å². The lowest BCUT2D eigenvalue weighted by molar-refractivity contribution is 0.0745. The van der Waals surface area contributed by atoms with Gasteiger partial charge in [0.25, 0.3) is 5.91 Å². The Balaban J connectivity index is 1.22. The zero-order chi connectivity index (χ0) is 22.8. The van der Waals surface area contributed by atoms with Crippen molar-refractivity contribution >= 4 is 17.5 Å². The summed E-state index contributed by atoms with van der Waals surface area (Å²) in [6, 6.07) is 14.6. The molecule has 0 radical (unpaired) electrons. The Kier molecular flexibility index (Phi) is 5.98. The molecule has 8 nitrogen and oxygen atoms in total. The van der Waals surface area contributed by atoms with E-state index in [4.69, 9.17) is 0 Å². The van der Waals surface area contributed by atoms with Gasteiger partial charge in [-0.2, -0.15) is 5.10 Å². The Morgan fingerprint density at radius 3 is 2.33 bits per heavy atom. The second-order valence-electron chi connectivity index (χ2n) is 8.96. The number of piperidine rings is 1. The van der Waals surface area contributed by atoms with Crippen molar-refractivity contribution in [1.82, 2.24) is 24.9 Å². The predicted molar refractivity (Wildman–Crippen MR) is 129 cm³/mol. The maximum absolute atomic E-state index is 13.2. The first-order valence-electron chi connectivity index (χ1n) is 11.9. The molecule has 2 saturated heterocycles. The van der Waals surface area contributed by atoms with E-state index in [0.29, 0.717) is 24.7 Å². The van der Waals surface area contributed by atoms with E-state index in [9.17, 15) is 4.79 Å². The first kappa shape index (κ1) is 21.4. The Hall–Kier alpha value is -3.42. The summed E-state index contributed by atoms with van der Waals surface area (Å²) in [5.74, 6) is 1.88. The van der Waals surface area contributed by atoms with E-state index in [1.165, 1.54) is 19.3 Å². The lowest BCUT2D eigenvalue weighted by Crippen LogP contribution is -2.49. The smallest absolute Gasteiger partial charge is 0.257 e. The lowest BCUT2D eigenvalue weighted by atomic mass is 10.0. The SMILES string of the molecule is Cc1c(C(=O)N2CCN(c3ccc(N4CCCCC4C)nn3)CC2)cnn1-c1ccccc1. The second-order valence-corrected chi connectivity index (χ2v) is 8.96. The Morgan fingerprint density at radius 2 is 1.64 bits per heavy atom. The number of amides is 1. The number of benzene rings is 1. The molecule has 0 N–H and O–H groups in total. The summed E-state index contributed by atoms with van der Waals surface area (Å²) in [5.41, 5.74) is 2.48. The highest BCUT2D eigenvalue weighted by atomic mass is 16.2. The molecule has 2 fully saturated rings. The average molecular weight is 446 g/mol. The quantitative estimate of drug-likeness (QED) is 0.614. The summed E-state index contributed by atoms with van der Waals surface area (Å²) in [6.45, 7) is 8.05. The van der Waals surface area contributed by atoms with Gasteiger partial charge < -0.3 is 14.7 Å². The maximum Gasteiger partial charge on any atom is 0.257 e. The minimum Gasteiger partial charge on any atom is -0.352 e. The number of piperazine rings is 1. The van der Waals surface area contributed by atoms with Crippen LogP contribution in [0.1, 0.15) is 42.2 Å². The van der Waals surface area contributed by atoms with Crippen molar-refractivity contribution in [3.63, 3.8) is 0 Å². The number of hydrogen-bond donors (Lipinski definition) is 0. The van der Waals surface area contributed by atoms with E-state index in [0.717, 1.165) is 42.7 Å². The van der Waals surface area contributed by atoms with Crippen LogP contribution in [0.15, 0.2) is 48.7 Å². The van der Waals surface area contributed by atoms with Gasteiger partial charge in [-0.1, -0.05) is 18.2 Å². The summed E-state index contributed by atoms with van der Waals surface area (Å²) in [5, 5.41) is 13.5. The number of rotatable bonds is 4. The number of aromatic nitrogens is 4. The molecule has 0 bridgehead atoms. The molecule has 5 rings (SSSR count). The van der Waals surface area contributed by atoms with Gasteiger partial charge >= 0.3 is 0 Å². The molecule has 2 aliphatic heterocycles. The van der Waals surface area contributed by atoms with Gasteiger partial charge in [0, 0.05) is 38.8 Å². The van der Waals surface area contributed by atoms with Crippen LogP contribution in [0.25, 0.3) is 5.69 Å². The van der Waals surface area contributed by atoms with Crippen LogP contribution in [-0.4, -0.2) is 69.6 Å². The number of anilines is 2. The van der Waals surface area contributed by atoms with Crippen LogP contribution >= 0.6 is 0 Å². The van der Waals surface area contributed by atoms with Gasteiger partial charge in [-0.3, -0.25) is 4.79 Å². The van der Waals surface area contributed by atoms with Crippen LogP contribution < -0.4 is 9.80 Å². The molecule has 2 aromatic heterocycles. The van der Waals surface area contributed by atoms with Gasteiger partial charge in [0.1, 0.15) is 0 Å². The van der Waals surface area contributed by atoms with Crippen molar-refractivity contribution in [2.75, 3.05) is 42.5 Å². The van der Waals surface area contributed by atoms with Crippen molar-refractivity contribution in [3.8, 4) is 5.69 Å². The number of carbonyl (C=O) groups excluding carboxylic acids is 1. The number of nitrogens with zero attached hydrogens (tertiary/aromatic N) is 7. The summed E-state index contributed by atoms with van der Waals surface area (Å²) >= 11 is 0. The Bertz CT molecular complexity index is 1090. The van der Waals surface area contributed by atoms with E-state index in [1.807, 2.05) is 46.8 Å². The topological polar surface area (TPSA) is 70.4 Å². The molecule has 8 heteroatoms. The van der Waals surface area contributed by atoms with Crippen LogP contribution in [0.4, 0.5) is 11.6 Å². The molecule has 33 heavy (non-hydrogen) atoms. The summed E-state index contributed by atoms with van der Waals surface area (Å²) < 4.78 is 1.82. The van der Waals surface area contributed by atoms with Gasteiger partial charge in [0.2, 0.25) is 0 Å². The average Bonchev–Trinajstić information content (AvgIpc) is 3.26. The van der Waals surface area contributed by atoms with Gasteiger partial charge in [0.05, 0.1) is 23.1 Å². The predicted octanol–water partition coefficient (Wildman–Crippen LogP) is 3.31. The molecular formula is C25H31N7O. The van der Waals surface area contributed by atoms with E-state index < -0.39 is 0 Å². The summed E-state index contributed by atoms with van der Waals surface area (Å²) in [4.78, 5) is 19.7. The van der Waals surface area contributed by atoms with E-state index in [1.54, 1.807) is 6.20 Å². The van der Waals surface area contributed by atoms with Crippen LogP contribution in [-0.2, 0) is 0 Å². The van der Waals surface area contributed by atoms with Gasteiger partial charge in [0.15, 0.2) is 11.6 Å². The largest absolute Gasteiger partial charge is 0.352 e. The monoisotopic (exact) mass is 445 g/mol. The van der Waals surface area contributed by atoms with Crippen molar-refractivity contribution < 1.29 is 4.79 Å². The summed E-state index contributed by atoms with van der Waals surface area (Å²) in [7, 11) is 0. The van der Waals surface area contributed by atoms with Gasteiger partial charge in [-0.05, 0) is 57.4 Å². The van der Waals surface area contributed by atoms with Crippen LogP contribution in [0, 0.1) is 6.92 Å². The van der Waals surface area contributed by atoms with Gasteiger partial charge in [-0.15, -0.1) is 10.2 Å². The Morgan fingerprint density at radius 1 is 0.909 bits per heavy atom. The normalized spacial score (nSPS) is 19.1. The lowest BCUT2D eigenvalue weighted by Gasteiger charge is -2.36. The molecule has 1 atom stereocenters. The third-order valence-corrected chi connectivity index (χ3v) is 6.87. The minimum absolute atomic E-state index is 0.0369. The van der Waals surface area contributed by atoms with Crippen molar-refractivity contribution in [3.05, 3.63) is 59.9 Å². The molecule has 0 aliphatic carbocycles. The van der Waals surface area contributed by atoms with E-state index in [2.05, 4.69) is 44.2 Å². The van der Waals surface area contributed by atoms with Crippen LogP contribution in [0.5, 0.6) is 0 Å². The highest BCUT2D eigenvalue weighted by molar-refractivity contribution is 5.95. The van der Waals surface area contributed by atoms with Crippen molar-refractivity contribution in [2.45, 2.75) is 39.2 Å². The van der Waals surface area contributed by atoms with E-state index >= 15 is 0 Å². The van der Waals surface area contributed by atoms with E-state index in [-0.39, 0.29) is 5.91 Å². The van der Waals surface area contributed by atoms with Crippen molar-refractivity contribution in [1.29, 1.82) is 0 Å². The standard InChI is InChI=1S/C25H31N7O/c1-19-8-6-7-13-31(19)24-12-11-23(27-28-24)29-14-16-30(17-15-29)25(33)22-18-26-32(20(22)2)21-9-4-3-5-10-21/h3-5,9-12,18-19H,6-8,13-17H2,1-2H3. The molecular weight excluding hydrogens is 414 g/mol. The number of para-hydroxylation sites is 1. The Labute approximate surface area is 194 Å². The van der Waals surface area contributed by atoms with Crippen molar-refractivity contribution in [2.24, 2.45) is 0 Å². The zero-order valence-corrected chi connectivity index (χ0v) is 19.4. The fourth-order valence-corrected chi connectivity index (χ4v) is 4.84.